The molecule has 0 aromatic rings. The molecule has 0 spiro atoms. The highest BCUT2D eigenvalue weighted by Crippen LogP contribution is 2.01. The van der Waals surface area contributed by atoms with Gasteiger partial charge in [0.15, 0.2) is 0 Å². The molecule has 1 aliphatic heterocycles. The molecule has 0 radical (unpaired) electrons. The molecule has 1 rings (SSSR count). The van der Waals surface area contributed by atoms with E-state index in [1.165, 1.54) is 0 Å². The molecule has 14 heavy (non-hydrogen) atoms. The summed E-state index contributed by atoms with van der Waals surface area (Å²) in [5, 5.41) is 0. The van der Waals surface area contributed by atoms with Crippen LogP contribution in [-0.2, 0) is 4.79 Å². The van der Waals surface area contributed by atoms with Gasteiger partial charge in [0, 0.05) is 39.6 Å². The van der Waals surface area contributed by atoms with Gasteiger partial charge in [0.05, 0.1) is 0 Å². The van der Waals surface area contributed by atoms with Gasteiger partial charge in [0.1, 0.15) is 0 Å². The van der Waals surface area contributed by atoms with Gasteiger partial charge in [-0.25, -0.2) is 0 Å². The van der Waals surface area contributed by atoms with Gasteiger partial charge in [-0.1, -0.05) is 19.1 Å². The number of carbonyl (C=O) groups excluding carboxylic acids is 1. The van der Waals surface area contributed by atoms with E-state index in [0.717, 1.165) is 39.1 Å². The molecule has 0 atom stereocenters. The first-order chi connectivity index (χ1) is 6.74. The molecule has 1 fully saturated rings. The second kappa shape index (κ2) is 5.81. The number of nitrogens with zero attached hydrogens (tertiary/aromatic N) is 2. The molecule has 0 aromatic heterocycles. The van der Waals surface area contributed by atoms with Crippen LogP contribution in [0.2, 0.25) is 0 Å². The van der Waals surface area contributed by atoms with Crippen molar-refractivity contribution in [1.29, 1.82) is 0 Å². The molecule has 0 aliphatic carbocycles. The number of rotatable bonds is 3. The Morgan fingerprint density at radius 3 is 2.36 bits per heavy atom. The normalized spacial score (nSPS) is 19.1. The number of piperazine rings is 1. The van der Waals surface area contributed by atoms with Gasteiger partial charge in [-0.2, -0.15) is 0 Å². The lowest BCUT2D eigenvalue weighted by Crippen LogP contribution is -2.47. The van der Waals surface area contributed by atoms with Gasteiger partial charge in [-0.3, -0.25) is 9.69 Å². The van der Waals surface area contributed by atoms with E-state index >= 15 is 0 Å². The Hall–Kier alpha value is -0.830. The van der Waals surface area contributed by atoms with Gasteiger partial charge >= 0.3 is 0 Å². The molecule has 3 heteroatoms. The Labute approximate surface area is 86.4 Å². The first-order valence-corrected chi connectivity index (χ1v) is 5.37. The summed E-state index contributed by atoms with van der Waals surface area (Å²) in [7, 11) is 0. The largest absolute Gasteiger partial charge is 0.340 e. The maximum absolute atomic E-state index is 11.1. The summed E-state index contributed by atoms with van der Waals surface area (Å²) in [6, 6.07) is 0. The van der Waals surface area contributed by atoms with Crippen LogP contribution in [0.3, 0.4) is 0 Å². The third-order valence-corrected chi connectivity index (χ3v) is 2.58. The first-order valence-electron chi connectivity index (χ1n) is 5.37. The van der Waals surface area contributed by atoms with Crippen molar-refractivity contribution in [3.8, 4) is 0 Å². The molecule has 80 valence electrons. The van der Waals surface area contributed by atoms with Crippen LogP contribution < -0.4 is 0 Å². The molecule has 1 amide bonds. The number of amides is 1. The average Bonchev–Trinajstić information content (AvgIpc) is 2.19. The van der Waals surface area contributed by atoms with Crippen molar-refractivity contribution in [1.82, 2.24) is 9.80 Å². The van der Waals surface area contributed by atoms with Crippen molar-refractivity contribution in [2.75, 3.05) is 32.7 Å². The van der Waals surface area contributed by atoms with Gasteiger partial charge in [0.2, 0.25) is 5.91 Å². The molecule has 3 nitrogen and oxygen atoms in total. The highest BCUT2D eigenvalue weighted by molar-refractivity contribution is 5.73. The van der Waals surface area contributed by atoms with Crippen LogP contribution in [0.15, 0.2) is 12.2 Å². The fourth-order valence-corrected chi connectivity index (χ4v) is 1.64. The SMILES string of the molecule is CCC=CCN1CCN(C(C)=O)CC1. The smallest absolute Gasteiger partial charge is 0.219 e. The van der Waals surface area contributed by atoms with Crippen LogP contribution in [0.5, 0.6) is 0 Å². The zero-order chi connectivity index (χ0) is 10.4. The number of allylic oxidation sites excluding steroid dienone is 1. The predicted octanol–water partition coefficient (Wildman–Crippen LogP) is 1.12. The van der Waals surface area contributed by atoms with Crippen molar-refractivity contribution in [2.45, 2.75) is 20.3 Å². The second-order valence-electron chi connectivity index (χ2n) is 3.69. The van der Waals surface area contributed by atoms with Crippen LogP contribution in [0.4, 0.5) is 0 Å². The third kappa shape index (κ3) is 3.50. The molecule has 1 aliphatic rings. The van der Waals surface area contributed by atoms with E-state index in [-0.39, 0.29) is 5.91 Å². The molecule has 0 bridgehead atoms. The zero-order valence-electron chi connectivity index (χ0n) is 9.20. The topological polar surface area (TPSA) is 23.6 Å². The van der Waals surface area contributed by atoms with Crippen LogP contribution in [0, 0.1) is 0 Å². The Balaban J connectivity index is 2.22. The Kier molecular flexibility index (Phi) is 4.66. The maximum Gasteiger partial charge on any atom is 0.219 e. The zero-order valence-corrected chi connectivity index (χ0v) is 9.20. The Bertz CT molecular complexity index is 205. The van der Waals surface area contributed by atoms with Gasteiger partial charge in [-0.05, 0) is 6.42 Å². The van der Waals surface area contributed by atoms with E-state index in [2.05, 4.69) is 24.0 Å². The third-order valence-electron chi connectivity index (χ3n) is 2.58. The molecular weight excluding hydrogens is 176 g/mol. The number of hydrogen-bond acceptors (Lipinski definition) is 2. The summed E-state index contributed by atoms with van der Waals surface area (Å²) in [6.45, 7) is 8.60. The van der Waals surface area contributed by atoms with Crippen LogP contribution in [0.1, 0.15) is 20.3 Å². The van der Waals surface area contributed by atoms with E-state index < -0.39 is 0 Å². The van der Waals surface area contributed by atoms with E-state index in [9.17, 15) is 4.79 Å². The monoisotopic (exact) mass is 196 g/mol. The lowest BCUT2D eigenvalue weighted by Gasteiger charge is -2.33. The van der Waals surface area contributed by atoms with Crippen molar-refractivity contribution < 1.29 is 4.79 Å². The summed E-state index contributed by atoms with van der Waals surface area (Å²) >= 11 is 0. The van der Waals surface area contributed by atoms with E-state index in [0.29, 0.717) is 0 Å². The number of hydrogen-bond donors (Lipinski definition) is 0. The van der Waals surface area contributed by atoms with Crippen molar-refractivity contribution in [3.63, 3.8) is 0 Å². The highest BCUT2D eigenvalue weighted by Gasteiger charge is 2.16. The van der Waals surface area contributed by atoms with Gasteiger partial charge in [-0.15, -0.1) is 0 Å². The minimum atomic E-state index is 0.203. The molecule has 0 aromatic carbocycles. The van der Waals surface area contributed by atoms with E-state index in [4.69, 9.17) is 0 Å². The summed E-state index contributed by atoms with van der Waals surface area (Å²) in [4.78, 5) is 15.4. The molecule has 1 saturated heterocycles. The minimum absolute atomic E-state index is 0.203. The molecular formula is C11H20N2O. The van der Waals surface area contributed by atoms with Crippen LogP contribution >= 0.6 is 0 Å². The quantitative estimate of drug-likeness (QED) is 0.631. The predicted molar refractivity (Wildman–Crippen MR) is 58.1 cm³/mol. The second-order valence-corrected chi connectivity index (χ2v) is 3.69. The van der Waals surface area contributed by atoms with Crippen molar-refractivity contribution in [2.24, 2.45) is 0 Å². The standard InChI is InChI=1S/C11H20N2O/c1-3-4-5-6-12-7-9-13(10-8-12)11(2)14/h4-5H,3,6-10H2,1-2H3. The summed E-state index contributed by atoms with van der Waals surface area (Å²) in [6.07, 6.45) is 5.51. The molecule has 0 saturated carbocycles. The van der Waals surface area contributed by atoms with Crippen LogP contribution in [0.25, 0.3) is 0 Å². The fourth-order valence-electron chi connectivity index (χ4n) is 1.64. The van der Waals surface area contributed by atoms with Gasteiger partial charge < -0.3 is 4.90 Å². The lowest BCUT2D eigenvalue weighted by molar-refractivity contribution is -0.130. The lowest BCUT2D eigenvalue weighted by atomic mass is 10.3. The van der Waals surface area contributed by atoms with Crippen LogP contribution in [-0.4, -0.2) is 48.4 Å². The molecule has 0 unspecified atom stereocenters. The number of carbonyl (C=O) groups is 1. The summed E-state index contributed by atoms with van der Waals surface area (Å²) in [5.74, 6) is 0.203. The Morgan fingerprint density at radius 2 is 1.86 bits per heavy atom. The van der Waals surface area contributed by atoms with E-state index in [1.54, 1.807) is 6.92 Å². The summed E-state index contributed by atoms with van der Waals surface area (Å²) in [5.41, 5.74) is 0. The Morgan fingerprint density at radius 1 is 1.21 bits per heavy atom. The summed E-state index contributed by atoms with van der Waals surface area (Å²) < 4.78 is 0. The van der Waals surface area contributed by atoms with Gasteiger partial charge in [0.25, 0.3) is 0 Å². The average molecular weight is 196 g/mol. The molecule has 0 N–H and O–H groups in total. The molecule has 1 heterocycles. The fraction of sp³-hybridized carbons (Fsp3) is 0.727. The van der Waals surface area contributed by atoms with Crippen molar-refractivity contribution >= 4 is 5.91 Å². The highest BCUT2D eigenvalue weighted by atomic mass is 16.2. The van der Waals surface area contributed by atoms with Crippen molar-refractivity contribution in [3.05, 3.63) is 12.2 Å². The van der Waals surface area contributed by atoms with E-state index in [1.807, 2.05) is 4.90 Å². The minimum Gasteiger partial charge on any atom is -0.340 e. The maximum atomic E-state index is 11.1. The first kappa shape index (κ1) is 11.2.